The van der Waals surface area contributed by atoms with E-state index in [-0.39, 0.29) is 11.1 Å². The second-order valence-corrected chi connectivity index (χ2v) is 7.96. The van der Waals surface area contributed by atoms with Gasteiger partial charge in [-0.25, -0.2) is 0 Å². The van der Waals surface area contributed by atoms with E-state index >= 15 is 0 Å². The monoisotopic (exact) mass is 461 g/mol. The number of benzene rings is 3. The van der Waals surface area contributed by atoms with Crippen LogP contribution in [0, 0.1) is 27.2 Å². The van der Waals surface area contributed by atoms with Crippen LogP contribution in [0.5, 0.6) is 0 Å². The highest BCUT2D eigenvalue weighted by Gasteiger charge is 2.25. The molecule has 1 saturated heterocycles. The molecular weight excluding hydrogens is 438 g/mol. The number of para-hydroxylation sites is 1. The Morgan fingerprint density at radius 2 is 1.38 bits per heavy atom. The van der Waals surface area contributed by atoms with Crippen molar-refractivity contribution in [3.8, 4) is 0 Å². The van der Waals surface area contributed by atoms with Crippen molar-refractivity contribution < 1.29 is 14.6 Å². The van der Waals surface area contributed by atoms with Crippen molar-refractivity contribution in [3.63, 3.8) is 0 Å². The lowest BCUT2D eigenvalue weighted by atomic mass is 10.0. The van der Waals surface area contributed by atoms with Crippen LogP contribution in [0.15, 0.2) is 66.7 Å². The molecule has 0 spiro atoms. The molecule has 1 amide bonds. The van der Waals surface area contributed by atoms with Crippen LogP contribution < -0.4 is 15.1 Å². The van der Waals surface area contributed by atoms with Gasteiger partial charge in [0.2, 0.25) is 0 Å². The molecule has 1 aliphatic heterocycles. The summed E-state index contributed by atoms with van der Waals surface area (Å²) >= 11 is 0. The van der Waals surface area contributed by atoms with E-state index in [4.69, 9.17) is 0 Å². The zero-order valence-corrected chi connectivity index (χ0v) is 18.5. The number of nitrogens with one attached hydrogen (secondary N) is 1. The Balaban J connectivity index is 1.44. The van der Waals surface area contributed by atoms with Crippen molar-refractivity contribution in [2.24, 2.45) is 0 Å². The van der Waals surface area contributed by atoms with Crippen LogP contribution >= 0.6 is 0 Å². The number of carbonyl (C=O) groups excluding carboxylic acids is 1. The molecule has 34 heavy (non-hydrogen) atoms. The Hall–Kier alpha value is -4.47. The maximum absolute atomic E-state index is 12.8. The highest BCUT2D eigenvalue weighted by molar-refractivity contribution is 6.06. The summed E-state index contributed by atoms with van der Waals surface area (Å²) in [6.07, 6.45) is 0. The number of rotatable bonds is 6. The van der Waals surface area contributed by atoms with E-state index in [0.29, 0.717) is 5.69 Å². The van der Waals surface area contributed by atoms with Crippen molar-refractivity contribution in [2.75, 3.05) is 41.3 Å². The van der Waals surface area contributed by atoms with Crippen molar-refractivity contribution in [1.29, 1.82) is 0 Å². The Morgan fingerprint density at radius 3 is 1.91 bits per heavy atom. The molecule has 3 aromatic rings. The predicted octanol–water partition coefficient (Wildman–Crippen LogP) is 4.39. The molecule has 1 N–H and O–H groups in total. The van der Waals surface area contributed by atoms with E-state index in [1.807, 2.05) is 30.3 Å². The van der Waals surface area contributed by atoms with Gasteiger partial charge in [-0.15, -0.1) is 0 Å². The summed E-state index contributed by atoms with van der Waals surface area (Å²) in [5.41, 5.74) is 1.70. The molecule has 174 valence electrons. The van der Waals surface area contributed by atoms with Gasteiger partial charge in [-0.1, -0.05) is 18.2 Å². The van der Waals surface area contributed by atoms with Crippen molar-refractivity contribution in [2.45, 2.75) is 6.92 Å². The number of nitro groups is 2. The molecule has 0 unspecified atom stereocenters. The largest absolute Gasteiger partial charge is 0.368 e. The van der Waals surface area contributed by atoms with E-state index in [0.717, 1.165) is 44.0 Å². The van der Waals surface area contributed by atoms with Crippen LogP contribution in [0.2, 0.25) is 0 Å². The third kappa shape index (κ3) is 4.80. The number of non-ortho nitro benzene ring substituents is 1. The van der Waals surface area contributed by atoms with Crippen LogP contribution in [0.25, 0.3) is 0 Å². The number of piperazine rings is 1. The Kier molecular flexibility index (Phi) is 6.39. The van der Waals surface area contributed by atoms with Crippen LogP contribution in [0.1, 0.15) is 15.9 Å². The second kappa shape index (κ2) is 9.57. The number of hydrogen-bond donors (Lipinski definition) is 1. The predicted molar refractivity (Wildman–Crippen MR) is 130 cm³/mol. The van der Waals surface area contributed by atoms with Crippen LogP contribution in [0.4, 0.5) is 28.4 Å². The van der Waals surface area contributed by atoms with Gasteiger partial charge >= 0.3 is 0 Å². The third-order valence-corrected chi connectivity index (χ3v) is 5.91. The van der Waals surface area contributed by atoms with Crippen LogP contribution in [0.3, 0.4) is 0 Å². The number of amides is 1. The molecule has 1 heterocycles. The van der Waals surface area contributed by atoms with Gasteiger partial charge < -0.3 is 15.1 Å². The molecule has 3 aromatic carbocycles. The number of hydrogen-bond acceptors (Lipinski definition) is 7. The molecule has 10 nitrogen and oxygen atoms in total. The first kappa shape index (κ1) is 22.7. The van der Waals surface area contributed by atoms with Gasteiger partial charge in [-0.05, 0) is 43.3 Å². The first-order chi connectivity index (χ1) is 16.3. The standard InChI is InChI=1S/C24H23N5O5/c1-17-22(15-21(28(31)32)16-23(17)29(33)34)24(30)25-18-7-9-20(10-8-18)27-13-11-26(12-14-27)19-5-3-2-4-6-19/h2-10,15-16H,11-14H2,1H3,(H,25,30). The van der Waals surface area contributed by atoms with Crippen molar-refractivity contribution >= 4 is 34.3 Å². The van der Waals surface area contributed by atoms with Gasteiger partial charge in [0.15, 0.2) is 0 Å². The molecular formula is C24H23N5O5. The minimum atomic E-state index is -0.754. The molecule has 0 bridgehead atoms. The fraction of sp³-hybridized carbons (Fsp3) is 0.208. The maximum Gasteiger partial charge on any atom is 0.279 e. The average molecular weight is 461 g/mol. The van der Waals surface area contributed by atoms with Gasteiger partial charge in [-0.3, -0.25) is 25.0 Å². The summed E-state index contributed by atoms with van der Waals surface area (Å²) in [5.74, 6) is -0.645. The first-order valence-electron chi connectivity index (χ1n) is 10.7. The number of anilines is 3. The highest BCUT2D eigenvalue weighted by atomic mass is 16.6. The minimum absolute atomic E-state index is 0.0704. The molecule has 1 fully saturated rings. The average Bonchev–Trinajstić information content (AvgIpc) is 2.85. The molecule has 0 saturated carbocycles. The van der Waals surface area contributed by atoms with E-state index in [9.17, 15) is 25.0 Å². The van der Waals surface area contributed by atoms with Gasteiger partial charge in [0.05, 0.1) is 21.5 Å². The molecule has 0 atom stereocenters. The molecule has 0 radical (unpaired) electrons. The van der Waals surface area contributed by atoms with Crippen molar-refractivity contribution in [1.82, 2.24) is 0 Å². The quantitative estimate of drug-likeness (QED) is 0.427. The second-order valence-electron chi connectivity index (χ2n) is 7.96. The van der Waals surface area contributed by atoms with Gasteiger partial charge in [0.1, 0.15) is 0 Å². The molecule has 1 aliphatic rings. The maximum atomic E-state index is 12.8. The van der Waals surface area contributed by atoms with Crippen LogP contribution in [-0.2, 0) is 0 Å². The molecule has 0 aromatic heterocycles. The zero-order valence-electron chi connectivity index (χ0n) is 18.5. The smallest absolute Gasteiger partial charge is 0.279 e. The van der Waals surface area contributed by atoms with E-state index in [2.05, 4.69) is 27.2 Å². The van der Waals surface area contributed by atoms with E-state index in [1.165, 1.54) is 12.6 Å². The lowest BCUT2D eigenvalue weighted by Gasteiger charge is -2.37. The molecule has 10 heteroatoms. The SMILES string of the molecule is Cc1c(C(=O)Nc2ccc(N3CCN(c4ccccc4)CC3)cc2)cc([N+](=O)[O-])cc1[N+](=O)[O-]. The highest BCUT2D eigenvalue weighted by Crippen LogP contribution is 2.29. The normalized spacial score (nSPS) is 13.4. The fourth-order valence-electron chi connectivity index (χ4n) is 4.03. The van der Waals surface area contributed by atoms with Crippen molar-refractivity contribution in [3.05, 3.63) is 98.1 Å². The summed E-state index contributed by atoms with van der Waals surface area (Å²) < 4.78 is 0. The number of carbonyl (C=O) groups is 1. The summed E-state index contributed by atoms with van der Waals surface area (Å²) in [7, 11) is 0. The topological polar surface area (TPSA) is 122 Å². The zero-order chi connectivity index (χ0) is 24.2. The molecule has 0 aliphatic carbocycles. The lowest BCUT2D eigenvalue weighted by Crippen LogP contribution is -2.46. The number of nitro benzene ring substituents is 2. The fourth-order valence-corrected chi connectivity index (χ4v) is 4.03. The third-order valence-electron chi connectivity index (χ3n) is 5.91. The van der Waals surface area contributed by atoms with E-state index < -0.39 is 27.1 Å². The summed E-state index contributed by atoms with van der Waals surface area (Å²) in [6.45, 7) is 4.91. The summed E-state index contributed by atoms with van der Waals surface area (Å²) in [6, 6.07) is 19.5. The van der Waals surface area contributed by atoms with Gasteiger partial charge in [0.25, 0.3) is 17.3 Å². The van der Waals surface area contributed by atoms with Gasteiger partial charge in [-0.2, -0.15) is 0 Å². The minimum Gasteiger partial charge on any atom is -0.368 e. The lowest BCUT2D eigenvalue weighted by molar-refractivity contribution is -0.394. The molecule has 4 rings (SSSR count). The van der Waals surface area contributed by atoms with Crippen LogP contribution in [-0.4, -0.2) is 41.9 Å². The summed E-state index contributed by atoms with van der Waals surface area (Å²) in [5, 5.41) is 25.1. The Labute approximate surface area is 195 Å². The van der Waals surface area contributed by atoms with E-state index in [1.54, 1.807) is 12.1 Å². The summed E-state index contributed by atoms with van der Waals surface area (Å²) in [4.78, 5) is 38.3. The number of nitrogens with zero attached hydrogens (tertiary/aromatic N) is 4. The Morgan fingerprint density at radius 1 is 0.824 bits per heavy atom. The first-order valence-corrected chi connectivity index (χ1v) is 10.7. The Bertz CT molecular complexity index is 1220. The van der Waals surface area contributed by atoms with Gasteiger partial charge in [0, 0.05) is 54.9 Å².